The topological polar surface area (TPSA) is 74.2 Å². The summed E-state index contributed by atoms with van der Waals surface area (Å²) in [6.07, 6.45) is -1.11. The Labute approximate surface area is 85.1 Å². The fourth-order valence-electron chi connectivity index (χ4n) is 1.24. The van der Waals surface area contributed by atoms with Crippen LogP contribution in [0.1, 0.15) is 15.9 Å². The van der Waals surface area contributed by atoms with E-state index in [0.717, 1.165) is 5.56 Å². The van der Waals surface area contributed by atoms with Gasteiger partial charge in [-0.3, -0.25) is 4.79 Å². The number of aryl methyl sites for hydroxylation is 1. The van der Waals surface area contributed by atoms with Gasteiger partial charge in [-0.05, 0) is 18.6 Å². The van der Waals surface area contributed by atoms with Gasteiger partial charge in [0, 0.05) is 0 Å². The van der Waals surface area contributed by atoms with E-state index in [1.165, 1.54) is 0 Å². The lowest BCUT2D eigenvalue weighted by atomic mass is 10.1. The number of hydrogen-bond acceptors (Lipinski definition) is 4. The molecule has 0 aliphatic carbocycles. The molecule has 1 aliphatic heterocycles. The number of aliphatic hydroxyl groups excluding tert-OH is 1. The maximum absolute atomic E-state index is 11.4. The second-order valence-corrected chi connectivity index (χ2v) is 3.37. The number of hydrogen-bond donors (Lipinski definition) is 3. The molecule has 1 aromatic heterocycles. The van der Waals surface area contributed by atoms with Crippen LogP contribution < -0.4 is 10.6 Å². The van der Waals surface area contributed by atoms with E-state index in [1.807, 2.05) is 0 Å². The summed E-state index contributed by atoms with van der Waals surface area (Å²) in [5, 5.41) is 14.4. The molecule has 2 heterocycles. The highest BCUT2D eigenvalue weighted by Crippen LogP contribution is 2.23. The molecule has 0 aromatic carbocycles. The van der Waals surface area contributed by atoms with Crippen LogP contribution in [0.15, 0.2) is 6.07 Å². The first-order valence-corrected chi connectivity index (χ1v) is 4.38. The molecule has 14 heavy (non-hydrogen) atoms. The highest BCUT2D eigenvalue weighted by atomic mass is 35.5. The minimum Gasteiger partial charge on any atom is -0.356 e. The summed E-state index contributed by atoms with van der Waals surface area (Å²) in [7, 11) is 0. The van der Waals surface area contributed by atoms with Gasteiger partial charge in [0.15, 0.2) is 0 Å². The molecule has 0 radical (unpaired) electrons. The number of halogens is 1. The predicted octanol–water partition coefficient (Wildman–Crippen LogP) is 0.475. The zero-order chi connectivity index (χ0) is 10.3. The minimum absolute atomic E-state index is 0.303. The molecule has 1 amide bonds. The zero-order valence-corrected chi connectivity index (χ0v) is 8.09. The molecule has 3 N–H and O–H groups in total. The van der Waals surface area contributed by atoms with Crippen LogP contribution in [0.4, 0.5) is 5.82 Å². The number of carbonyl (C=O) groups excluding carboxylic acids is 1. The summed E-state index contributed by atoms with van der Waals surface area (Å²) in [6, 6.07) is 1.62. The number of amides is 1. The highest BCUT2D eigenvalue weighted by molar-refractivity contribution is 6.30. The van der Waals surface area contributed by atoms with Crippen molar-refractivity contribution in [2.24, 2.45) is 0 Å². The molecule has 1 atom stereocenters. The molecule has 1 aromatic rings. The highest BCUT2D eigenvalue weighted by Gasteiger charge is 2.23. The summed E-state index contributed by atoms with van der Waals surface area (Å²) < 4.78 is 0. The number of anilines is 1. The van der Waals surface area contributed by atoms with Gasteiger partial charge >= 0.3 is 0 Å². The van der Waals surface area contributed by atoms with Crippen LogP contribution in [0.3, 0.4) is 0 Å². The Balaban J connectivity index is 2.55. The molecular weight excluding hydrogens is 206 g/mol. The predicted molar refractivity (Wildman–Crippen MR) is 51.1 cm³/mol. The van der Waals surface area contributed by atoms with Crippen molar-refractivity contribution in [3.8, 4) is 0 Å². The number of rotatable bonds is 0. The van der Waals surface area contributed by atoms with E-state index in [4.69, 9.17) is 16.7 Å². The van der Waals surface area contributed by atoms with Gasteiger partial charge in [0.1, 0.15) is 11.0 Å². The van der Waals surface area contributed by atoms with Crippen molar-refractivity contribution in [3.05, 3.63) is 22.3 Å². The van der Waals surface area contributed by atoms with Crippen LogP contribution in [-0.2, 0) is 0 Å². The average Bonchev–Trinajstić information content (AvgIpc) is 2.08. The van der Waals surface area contributed by atoms with E-state index >= 15 is 0 Å². The van der Waals surface area contributed by atoms with Crippen LogP contribution in [0.25, 0.3) is 0 Å². The van der Waals surface area contributed by atoms with E-state index in [9.17, 15) is 4.79 Å². The SMILES string of the molecule is Cc1cc2c(nc1Cl)NC(O)NC2=O. The van der Waals surface area contributed by atoms with E-state index in [-0.39, 0.29) is 5.91 Å². The first-order chi connectivity index (χ1) is 6.58. The van der Waals surface area contributed by atoms with Crippen LogP contribution in [-0.4, -0.2) is 22.3 Å². The molecule has 1 aliphatic rings. The normalized spacial score (nSPS) is 19.6. The van der Waals surface area contributed by atoms with Crippen molar-refractivity contribution in [3.63, 3.8) is 0 Å². The monoisotopic (exact) mass is 213 g/mol. The summed E-state index contributed by atoms with van der Waals surface area (Å²) in [5.74, 6) is -0.0598. The van der Waals surface area contributed by atoms with Crippen molar-refractivity contribution in [2.75, 3.05) is 5.32 Å². The lowest BCUT2D eigenvalue weighted by Gasteiger charge is -2.23. The Morgan fingerprint density at radius 1 is 1.57 bits per heavy atom. The second kappa shape index (κ2) is 3.11. The van der Waals surface area contributed by atoms with Gasteiger partial charge in [-0.1, -0.05) is 11.6 Å². The van der Waals surface area contributed by atoms with Crippen molar-refractivity contribution >= 4 is 23.3 Å². The molecule has 0 saturated carbocycles. The molecule has 6 heteroatoms. The van der Waals surface area contributed by atoms with Crippen molar-refractivity contribution in [1.82, 2.24) is 10.3 Å². The Morgan fingerprint density at radius 2 is 2.29 bits per heavy atom. The quantitative estimate of drug-likeness (QED) is 0.548. The Kier molecular flexibility index (Phi) is 2.05. The third-order valence-corrected chi connectivity index (χ3v) is 2.32. The molecule has 0 spiro atoms. The van der Waals surface area contributed by atoms with Crippen LogP contribution in [0, 0.1) is 6.92 Å². The van der Waals surface area contributed by atoms with E-state index in [2.05, 4.69) is 15.6 Å². The molecule has 2 rings (SSSR count). The van der Waals surface area contributed by atoms with Gasteiger partial charge in [-0.25, -0.2) is 4.98 Å². The van der Waals surface area contributed by atoms with Crippen LogP contribution in [0.5, 0.6) is 0 Å². The lowest BCUT2D eigenvalue weighted by Crippen LogP contribution is -2.45. The average molecular weight is 214 g/mol. The molecule has 0 fully saturated rings. The molecule has 1 unspecified atom stereocenters. The number of nitrogens with one attached hydrogen (secondary N) is 2. The number of aliphatic hydroxyl groups is 1. The fourth-order valence-corrected chi connectivity index (χ4v) is 1.38. The van der Waals surface area contributed by atoms with Crippen LogP contribution >= 0.6 is 11.6 Å². The van der Waals surface area contributed by atoms with E-state index in [0.29, 0.717) is 16.5 Å². The minimum atomic E-state index is -1.11. The van der Waals surface area contributed by atoms with Gasteiger partial charge in [0.2, 0.25) is 6.35 Å². The first-order valence-electron chi connectivity index (χ1n) is 4.00. The summed E-state index contributed by atoms with van der Waals surface area (Å²) in [5.41, 5.74) is 1.11. The van der Waals surface area contributed by atoms with E-state index < -0.39 is 6.35 Å². The third-order valence-electron chi connectivity index (χ3n) is 1.94. The van der Waals surface area contributed by atoms with Gasteiger partial charge in [0.05, 0.1) is 5.56 Å². The fraction of sp³-hybridized carbons (Fsp3) is 0.250. The number of fused-ring (bicyclic) bond motifs is 1. The Bertz CT molecular complexity index is 408. The molecule has 5 nitrogen and oxygen atoms in total. The largest absolute Gasteiger partial charge is 0.356 e. The summed E-state index contributed by atoms with van der Waals surface area (Å²) in [4.78, 5) is 15.3. The van der Waals surface area contributed by atoms with Gasteiger partial charge in [-0.15, -0.1) is 0 Å². The number of nitrogens with zero attached hydrogens (tertiary/aromatic N) is 1. The number of pyridine rings is 1. The molecule has 0 bridgehead atoms. The molecular formula is C8H8ClN3O2. The molecule has 0 saturated heterocycles. The Morgan fingerprint density at radius 3 is 3.00 bits per heavy atom. The smallest absolute Gasteiger partial charge is 0.258 e. The Hall–Kier alpha value is -1.33. The van der Waals surface area contributed by atoms with Crippen molar-refractivity contribution in [1.29, 1.82) is 0 Å². The summed E-state index contributed by atoms with van der Waals surface area (Å²) >= 11 is 5.78. The standard InChI is InChI=1S/C8H8ClN3O2/c1-3-2-4-6(10-5(3)9)11-8(14)12-7(4)13/h2,8,14H,1H3,(H,10,11)(H,12,13). The van der Waals surface area contributed by atoms with Crippen molar-refractivity contribution < 1.29 is 9.90 Å². The van der Waals surface area contributed by atoms with Crippen LogP contribution in [0.2, 0.25) is 5.15 Å². The number of carbonyl (C=O) groups is 1. The maximum Gasteiger partial charge on any atom is 0.258 e. The first kappa shape index (κ1) is 9.23. The lowest BCUT2D eigenvalue weighted by molar-refractivity contribution is 0.0812. The van der Waals surface area contributed by atoms with Gasteiger partial charge in [-0.2, -0.15) is 0 Å². The zero-order valence-electron chi connectivity index (χ0n) is 7.34. The van der Waals surface area contributed by atoms with E-state index in [1.54, 1.807) is 13.0 Å². The van der Waals surface area contributed by atoms with Crippen molar-refractivity contribution in [2.45, 2.75) is 13.3 Å². The van der Waals surface area contributed by atoms with Gasteiger partial charge < -0.3 is 15.7 Å². The third kappa shape index (κ3) is 1.40. The molecule has 74 valence electrons. The second-order valence-electron chi connectivity index (χ2n) is 3.01. The summed E-state index contributed by atoms with van der Waals surface area (Å²) in [6.45, 7) is 1.76. The van der Waals surface area contributed by atoms with Gasteiger partial charge in [0.25, 0.3) is 5.91 Å². The maximum atomic E-state index is 11.4. The number of aromatic nitrogens is 1.